The molecule has 0 spiro atoms. The number of primary amides is 1. The van der Waals surface area contributed by atoms with Crippen LogP contribution in [0.5, 0.6) is 0 Å². The summed E-state index contributed by atoms with van der Waals surface area (Å²) >= 11 is 7.10. The second-order valence-corrected chi connectivity index (χ2v) is 4.52. The van der Waals surface area contributed by atoms with Crippen molar-refractivity contribution in [1.29, 1.82) is 5.41 Å². The lowest BCUT2D eigenvalue weighted by Crippen LogP contribution is -2.38. The van der Waals surface area contributed by atoms with E-state index < -0.39 is 6.03 Å². The van der Waals surface area contributed by atoms with Gasteiger partial charge in [0.2, 0.25) is 0 Å². The predicted molar refractivity (Wildman–Crippen MR) is 57.9 cm³/mol. The first-order chi connectivity index (χ1) is 6.50. The molecule has 0 aliphatic heterocycles. The first kappa shape index (κ1) is 11.0. The molecule has 0 bridgehead atoms. The van der Waals surface area contributed by atoms with Crippen LogP contribution in [0.2, 0.25) is 4.34 Å². The number of thiophene rings is 1. The molecule has 0 aromatic carbocycles. The Kier molecular flexibility index (Phi) is 3.49. The fourth-order valence-corrected chi connectivity index (χ4v) is 2.03. The van der Waals surface area contributed by atoms with E-state index in [2.05, 4.69) is 0 Å². The van der Waals surface area contributed by atoms with Gasteiger partial charge in [-0.3, -0.25) is 10.3 Å². The van der Waals surface area contributed by atoms with E-state index in [0.717, 1.165) is 4.88 Å². The fourth-order valence-electron chi connectivity index (χ4n) is 0.954. The lowest BCUT2D eigenvalue weighted by Gasteiger charge is -2.17. The van der Waals surface area contributed by atoms with Crippen LogP contribution in [0.1, 0.15) is 11.8 Å². The van der Waals surface area contributed by atoms with E-state index in [4.69, 9.17) is 22.7 Å². The van der Waals surface area contributed by atoms with E-state index >= 15 is 0 Å². The van der Waals surface area contributed by atoms with Crippen molar-refractivity contribution in [2.75, 3.05) is 0 Å². The molecule has 0 fully saturated rings. The fraction of sp³-hybridized carbons (Fsp3) is 0.250. The molecule has 1 aromatic heterocycles. The zero-order chi connectivity index (χ0) is 10.7. The number of urea groups is 1. The van der Waals surface area contributed by atoms with Gasteiger partial charge in [-0.15, -0.1) is 11.3 Å². The Morgan fingerprint density at radius 3 is 2.71 bits per heavy atom. The number of amidine groups is 1. The van der Waals surface area contributed by atoms with E-state index in [9.17, 15) is 4.79 Å². The van der Waals surface area contributed by atoms with E-state index in [-0.39, 0.29) is 5.84 Å². The third-order valence-electron chi connectivity index (χ3n) is 1.61. The first-order valence-corrected chi connectivity index (χ1v) is 5.06. The van der Waals surface area contributed by atoms with E-state index in [1.165, 1.54) is 23.2 Å². The van der Waals surface area contributed by atoms with Crippen LogP contribution in [0.15, 0.2) is 12.1 Å². The molecule has 0 aliphatic rings. The Morgan fingerprint density at radius 2 is 2.36 bits per heavy atom. The van der Waals surface area contributed by atoms with E-state index in [0.29, 0.717) is 10.9 Å². The van der Waals surface area contributed by atoms with Crippen molar-refractivity contribution in [3.8, 4) is 0 Å². The lowest BCUT2D eigenvalue weighted by atomic mass is 10.4. The molecule has 0 unspecified atom stereocenters. The zero-order valence-electron chi connectivity index (χ0n) is 7.58. The van der Waals surface area contributed by atoms with Crippen LogP contribution in [0.25, 0.3) is 0 Å². The second-order valence-electron chi connectivity index (χ2n) is 2.72. The van der Waals surface area contributed by atoms with Gasteiger partial charge in [-0.2, -0.15) is 0 Å². The number of nitrogens with two attached hydrogens (primary N) is 1. The highest BCUT2D eigenvalue weighted by molar-refractivity contribution is 7.16. The maximum absolute atomic E-state index is 10.9. The molecule has 2 amide bonds. The summed E-state index contributed by atoms with van der Waals surface area (Å²) < 4.78 is 0.659. The Balaban J connectivity index is 2.74. The Bertz CT molecular complexity index is 349. The molecule has 1 aromatic rings. The standard InChI is InChI=1S/C8H10ClN3OS/c1-5(10)12(8(11)13)4-6-2-3-7(9)14-6/h2-3,10H,4H2,1H3,(H2,11,13). The van der Waals surface area contributed by atoms with Crippen LogP contribution in [0.4, 0.5) is 4.79 Å². The van der Waals surface area contributed by atoms with Crippen LogP contribution in [-0.2, 0) is 6.54 Å². The normalized spacial score (nSPS) is 9.86. The molecule has 14 heavy (non-hydrogen) atoms. The quantitative estimate of drug-likeness (QED) is 0.595. The minimum Gasteiger partial charge on any atom is -0.351 e. The summed E-state index contributed by atoms with van der Waals surface area (Å²) in [5.41, 5.74) is 5.11. The lowest BCUT2D eigenvalue weighted by molar-refractivity contribution is 0.228. The molecule has 76 valence electrons. The molecule has 0 atom stereocenters. The molecule has 6 heteroatoms. The van der Waals surface area contributed by atoms with Gasteiger partial charge in [-0.1, -0.05) is 11.6 Å². The van der Waals surface area contributed by atoms with Crippen LogP contribution >= 0.6 is 22.9 Å². The number of rotatable bonds is 2. The third kappa shape index (κ3) is 2.71. The number of hydrogen-bond donors (Lipinski definition) is 2. The molecule has 3 N–H and O–H groups in total. The highest BCUT2D eigenvalue weighted by atomic mass is 35.5. The Morgan fingerprint density at radius 1 is 1.71 bits per heavy atom. The number of nitrogens with zero attached hydrogens (tertiary/aromatic N) is 1. The van der Waals surface area contributed by atoms with Crippen molar-refractivity contribution in [2.45, 2.75) is 13.5 Å². The summed E-state index contributed by atoms with van der Waals surface area (Å²) in [6.07, 6.45) is 0. The van der Waals surface area contributed by atoms with Gasteiger partial charge >= 0.3 is 6.03 Å². The summed E-state index contributed by atoms with van der Waals surface area (Å²) in [4.78, 5) is 13.0. The van der Waals surface area contributed by atoms with E-state index in [1.807, 2.05) is 6.07 Å². The van der Waals surface area contributed by atoms with Crippen molar-refractivity contribution in [2.24, 2.45) is 5.73 Å². The smallest absolute Gasteiger partial charge is 0.320 e. The molecular weight excluding hydrogens is 222 g/mol. The van der Waals surface area contributed by atoms with Gasteiger partial charge in [0, 0.05) is 4.88 Å². The number of halogens is 1. The highest BCUT2D eigenvalue weighted by Gasteiger charge is 2.13. The van der Waals surface area contributed by atoms with Crippen LogP contribution in [-0.4, -0.2) is 16.8 Å². The summed E-state index contributed by atoms with van der Waals surface area (Å²) in [5, 5.41) is 7.33. The van der Waals surface area contributed by atoms with Gasteiger partial charge in [0.1, 0.15) is 5.84 Å². The maximum Gasteiger partial charge on any atom is 0.320 e. The summed E-state index contributed by atoms with van der Waals surface area (Å²) in [5.74, 6) is 0.127. The van der Waals surface area contributed by atoms with Gasteiger partial charge < -0.3 is 5.73 Å². The van der Waals surface area contributed by atoms with Crippen molar-refractivity contribution in [3.05, 3.63) is 21.3 Å². The van der Waals surface area contributed by atoms with Crippen molar-refractivity contribution in [1.82, 2.24) is 4.90 Å². The van der Waals surface area contributed by atoms with E-state index in [1.54, 1.807) is 6.07 Å². The summed E-state index contributed by atoms with van der Waals surface area (Å²) in [7, 11) is 0. The second kappa shape index (κ2) is 4.43. The number of carbonyl (C=O) groups is 1. The predicted octanol–water partition coefficient (Wildman–Crippen LogP) is 2.28. The molecule has 0 saturated carbocycles. The summed E-state index contributed by atoms with van der Waals surface area (Å²) in [6, 6.07) is 2.94. The van der Waals surface area contributed by atoms with Crippen LogP contribution in [0, 0.1) is 5.41 Å². The number of hydrogen-bond acceptors (Lipinski definition) is 3. The van der Waals surface area contributed by atoms with Gasteiger partial charge in [0.15, 0.2) is 0 Å². The number of nitrogens with one attached hydrogen (secondary N) is 1. The van der Waals surface area contributed by atoms with Crippen molar-refractivity contribution in [3.63, 3.8) is 0 Å². The van der Waals surface area contributed by atoms with Crippen LogP contribution < -0.4 is 5.73 Å². The molecule has 4 nitrogen and oxygen atoms in total. The van der Waals surface area contributed by atoms with Crippen molar-refractivity contribution >= 4 is 34.8 Å². The molecular formula is C8H10ClN3OS. The van der Waals surface area contributed by atoms with Crippen LogP contribution in [0.3, 0.4) is 0 Å². The third-order valence-corrected chi connectivity index (χ3v) is 2.83. The van der Waals surface area contributed by atoms with Gasteiger partial charge in [-0.25, -0.2) is 4.79 Å². The monoisotopic (exact) mass is 231 g/mol. The Hall–Kier alpha value is -1.07. The van der Waals surface area contributed by atoms with Gasteiger partial charge in [-0.05, 0) is 19.1 Å². The van der Waals surface area contributed by atoms with Crippen molar-refractivity contribution < 1.29 is 4.79 Å². The maximum atomic E-state index is 10.9. The molecule has 0 aliphatic carbocycles. The Labute approximate surface area is 90.8 Å². The molecule has 0 radical (unpaired) electrons. The average Bonchev–Trinajstić information content (AvgIpc) is 2.46. The average molecular weight is 232 g/mol. The van der Waals surface area contributed by atoms with Gasteiger partial charge in [0.25, 0.3) is 0 Å². The number of amides is 2. The molecule has 1 heterocycles. The zero-order valence-corrected chi connectivity index (χ0v) is 9.15. The first-order valence-electron chi connectivity index (χ1n) is 3.87. The topological polar surface area (TPSA) is 70.2 Å². The highest BCUT2D eigenvalue weighted by Crippen LogP contribution is 2.22. The number of carbonyl (C=O) groups excluding carboxylic acids is 1. The largest absolute Gasteiger partial charge is 0.351 e. The van der Waals surface area contributed by atoms with Gasteiger partial charge in [0.05, 0.1) is 10.9 Å². The minimum absolute atomic E-state index is 0.127. The summed E-state index contributed by atoms with van der Waals surface area (Å²) in [6.45, 7) is 1.82. The molecule has 1 rings (SSSR count). The minimum atomic E-state index is -0.623. The SMILES string of the molecule is CC(=N)N(Cc1ccc(Cl)s1)C(N)=O. The molecule has 0 saturated heterocycles.